The topological polar surface area (TPSA) is 33.7 Å². The van der Waals surface area contributed by atoms with Crippen LogP contribution in [0, 0.1) is 0 Å². The Morgan fingerprint density at radius 3 is 2.63 bits per heavy atom. The van der Waals surface area contributed by atoms with Crippen molar-refractivity contribution in [3.8, 4) is 11.5 Å². The predicted octanol–water partition coefficient (Wildman–Crippen LogP) is 1.60. The van der Waals surface area contributed by atoms with Crippen molar-refractivity contribution in [3.63, 3.8) is 0 Å². The number of fused-ring (bicyclic) bond motifs is 1. The molecule has 1 atom stereocenters. The molecule has 1 saturated heterocycles. The van der Waals surface area contributed by atoms with Gasteiger partial charge in [-0.05, 0) is 30.0 Å². The minimum Gasteiger partial charge on any atom is -0.497 e. The third-order valence-corrected chi connectivity index (χ3v) is 4.29. The third-order valence-electron chi connectivity index (χ3n) is 4.29. The van der Waals surface area contributed by atoms with Gasteiger partial charge in [-0.25, -0.2) is 0 Å². The minimum absolute atomic E-state index is 0.529. The van der Waals surface area contributed by atoms with Gasteiger partial charge in [0, 0.05) is 38.3 Å². The van der Waals surface area contributed by atoms with E-state index >= 15 is 0 Å². The Bertz CT molecular complexity index is 456. The second-order valence-electron chi connectivity index (χ2n) is 5.24. The second-order valence-corrected chi connectivity index (χ2v) is 5.24. The molecular formula is C15H22N2O2. The molecular weight excluding hydrogens is 240 g/mol. The standard InChI is InChI=1S/C15H22N2O2/c1-18-11-9-13-12(15(10-11)19-2)3-4-14(13)17-7-5-16-6-8-17/h9-10,14,16H,3-8H2,1-2H3. The van der Waals surface area contributed by atoms with E-state index in [1.165, 1.54) is 17.5 Å². The Kier molecular flexibility index (Phi) is 3.62. The highest BCUT2D eigenvalue weighted by atomic mass is 16.5. The van der Waals surface area contributed by atoms with Gasteiger partial charge in [-0.3, -0.25) is 4.90 Å². The van der Waals surface area contributed by atoms with Crippen LogP contribution >= 0.6 is 0 Å². The molecule has 1 heterocycles. The van der Waals surface area contributed by atoms with Crippen LogP contribution in [0.5, 0.6) is 11.5 Å². The maximum atomic E-state index is 5.52. The Balaban J connectivity index is 1.93. The highest BCUT2D eigenvalue weighted by molar-refractivity contribution is 5.50. The molecule has 0 spiro atoms. The molecule has 0 aromatic heterocycles. The molecule has 0 radical (unpaired) electrons. The molecule has 1 fully saturated rings. The summed E-state index contributed by atoms with van der Waals surface area (Å²) in [7, 11) is 3.46. The number of benzene rings is 1. The van der Waals surface area contributed by atoms with Crippen molar-refractivity contribution in [2.75, 3.05) is 40.4 Å². The minimum atomic E-state index is 0.529. The maximum Gasteiger partial charge on any atom is 0.126 e. The van der Waals surface area contributed by atoms with E-state index in [1.807, 2.05) is 6.07 Å². The Morgan fingerprint density at radius 2 is 1.95 bits per heavy atom. The number of methoxy groups -OCH3 is 2. The van der Waals surface area contributed by atoms with Crippen LogP contribution in [-0.4, -0.2) is 45.3 Å². The number of hydrogen-bond donors (Lipinski definition) is 1. The van der Waals surface area contributed by atoms with Gasteiger partial charge in [0.1, 0.15) is 11.5 Å². The van der Waals surface area contributed by atoms with Crippen LogP contribution < -0.4 is 14.8 Å². The molecule has 1 N–H and O–H groups in total. The fraction of sp³-hybridized carbons (Fsp3) is 0.600. The quantitative estimate of drug-likeness (QED) is 0.897. The van der Waals surface area contributed by atoms with Crippen molar-refractivity contribution >= 4 is 0 Å². The highest BCUT2D eigenvalue weighted by Gasteiger charge is 2.31. The summed E-state index contributed by atoms with van der Waals surface area (Å²) in [5.41, 5.74) is 2.77. The van der Waals surface area contributed by atoms with Crippen molar-refractivity contribution in [1.29, 1.82) is 0 Å². The molecule has 1 aliphatic heterocycles. The van der Waals surface area contributed by atoms with Crippen molar-refractivity contribution < 1.29 is 9.47 Å². The molecule has 1 unspecified atom stereocenters. The van der Waals surface area contributed by atoms with E-state index in [0.29, 0.717) is 6.04 Å². The molecule has 4 heteroatoms. The van der Waals surface area contributed by atoms with Gasteiger partial charge in [-0.2, -0.15) is 0 Å². The van der Waals surface area contributed by atoms with Gasteiger partial charge in [0.2, 0.25) is 0 Å². The third kappa shape index (κ3) is 2.30. The van der Waals surface area contributed by atoms with Crippen molar-refractivity contribution in [3.05, 3.63) is 23.3 Å². The van der Waals surface area contributed by atoms with Crippen molar-refractivity contribution in [1.82, 2.24) is 10.2 Å². The van der Waals surface area contributed by atoms with E-state index in [1.54, 1.807) is 14.2 Å². The van der Waals surface area contributed by atoms with Crippen LogP contribution in [0.3, 0.4) is 0 Å². The first-order chi connectivity index (χ1) is 9.33. The molecule has 0 bridgehead atoms. The summed E-state index contributed by atoms with van der Waals surface area (Å²) in [6, 6.07) is 4.72. The Labute approximate surface area is 114 Å². The molecule has 104 valence electrons. The summed E-state index contributed by atoms with van der Waals surface area (Å²) < 4.78 is 10.9. The lowest BCUT2D eigenvalue weighted by atomic mass is 10.0. The van der Waals surface area contributed by atoms with E-state index in [2.05, 4.69) is 16.3 Å². The molecule has 3 rings (SSSR count). The van der Waals surface area contributed by atoms with Gasteiger partial charge in [0.05, 0.1) is 14.2 Å². The average molecular weight is 262 g/mol. The van der Waals surface area contributed by atoms with Crippen LogP contribution in [-0.2, 0) is 6.42 Å². The zero-order valence-electron chi connectivity index (χ0n) is 11.7. The number of ether oxygens (including phenoxy) is 2. The van der Waals surface area contributed by atoms with Gasteiger partial charge < -0.3 is 14.8 Å². The van der Waals surface area contributed by atoms with Crippen molar-refractivity contribution in [2.24, 2.45) is 0 Å². The first-order valence-electron chi connectivity index (χ1n) is 7.03. The van der Waals surface area contributed by atoms with Crippen LogP contribution in [0.2, 0.25) is 0 Å². The summed E-state index contributed by atoms with van der Waals surface area (Å²) in [4.78, 5) is 2.58. The largest absolute Gasteiger partial charge is 0.497 e. The number of rotatable bonds is 3. The van der Waals surface area contributed by atoms with Crippen LogP contribution in [0.1, 0.15) is 23.6 Å². The summed E-state index contributed by atoms with van der Waals surface area (Å²) in [5, 5.41) is 3.42. The second kappa shape index (κ2) is 5.39. The van der Waals surface area contributed by atoms with E-state index in [-0.39, 0.29) is 0 Å². The highest BCUT2D eigenvalue weighted by Crippen LogP contribution is 2.42. The fourth-order valence-corrected chi connectivity index (χ4v) is 3.32. The monoisotopic (exact) mass is 262 g/mol. The normalized spacial score (nSPS) is 23.2. The summed E-state index contributed by atoms with van der Waals surface area (Å²) in [6.07, 6.45) is 2.30. The van der Waals surface area contributed by atoms with E-state index in [9.17, 15) is 0 Å². The molecule has 0 amide bonds. The average Bonchev–Trinajstić information content (AvgIpc) is 2.90. The number of piperazine rings is 1. The van der Waals surface area contributed by atoms with Gasteiger partial charge in [-0.15, -0.1) is 0 Å². The van der Waals surface area contributed by atoms with Crippen molar-refractivity contribution in [2.45, 2.75) is 18.9 Å². The first-order valence-corrected chi connectivity index (χ1v) is 7.03. The molecule has 4 nitrogen and oxygen atoms in total. The fourth-order valence-electron chi connectivity index (χ4n) is 3.32. The predicted molar refractivity (Wildman–Crippen MR) is 75.1 cm³/mol. The summed E-state index contributed by atoms with van der Waals surface area (Å²) in [5.74, 6) is 1.88. The smallest absolute Gasteiger partial charge is 0.126 e. The number of nitrogens with zero attached hydrogens (tertiary/aromatic N) is 1. The van der Waals surface area contributed by atoms with E-state index in [0.717, 1.165) is 44.1 Å². The zero-order chi connectivity index (χ0) is 13.2. The Morgan fingerprint density at radius 1 is 1.16 bits per heavy atom. The van der Waals surface area contributed by atoms with E-state index in [4.69, 9.17) is 9.47 Å². The molecule has 0 saturated carbocycles. The first kappa shape index (κ1) is 12.8. The lowest BCUT2D eigenvalue weighted by Crippen LogP contribution is -2.44. The number of hydrogen-bond acceptors (Lipinski definition) is 4. The maximum absolute atomic E-state index is 5.52. The lowest BCUT2D eigenvalue weighted by Gasteiger charge is -2.33. The molecule has 1 aromatic rings. The lowest BCUT2D eigenvalue weighted by molar-refractivity contribution is 0.173. The molecule has 1 aromatic carbocycles. The summed E-state index contributed by atoms with van der Waals surface area (Å²) in [6.45, 7) is 4.44. The van der Waals surface area contributed by atoms with Crippen LogP contribution in [0.15, 0.2) is 12.1 Å². The Hall–Kier alpha value is -1.26. The van der Waals surface area contributed by atoms with Gasteiger partial charge >= 0.3 is 0 Å². The van der Waals surface area contributed by atoms with Crippen LogP contribution in [0.4, 0.5) is 0 Å². The van der Waals surface area contributed by atoms with E-state index < -0.39 is 0 Å². The summed E-state index contributed by atoms with van der Waals surface area (Å²) >= 11 is 0. The van der Waals surface area contributed by atoms with Gasteiger partial charge in [-0.1, -0.05) is 0 Å². The number of nitrogens with one attached hydrogen (secondary N) is 1. The molecule has 19 heavy (non-hydrogen) atoms. The molecule has 2 aliphatic rings. The SMILES string of the molecule is COc1cc(OC)c2c(c1)C(N1CCNCC1)CC2. The van der Waals surface area contributed by atoms with Gasteiger partial charge in [0.15, 0.2) is 0 Å². The molecule has 1 aliphatic carbocycles. The van der Waals surface area contributed by atoms with Gasteiger partial charge in [0.25, 0.3) is 0 Å². The van der Waals surface area contributed by atoms with Crippen LogP contribution in [0.25, 0.3) is 0 Å². The zero-order valence-corrected chi connectivity index (χ0v) is 11.7.